The Morgan fingerprint density at radius 1 is 1.17 bits per heavy atom. The van der Waals surface area contributed by atoms with Gasteiger partial charge in [-0.1, -0.05) is 44.5 Å². The molecule has 0 radical (unpaired) electrons. The van der Waals surface area contributed by atoms with E-state index in [2.05, 4.69) is 55.2 Å². The second-order valence-electron chi connectivity index (χ2n) is 5.03. The van der Waals surface area contributed by atoms with Crippen LogP contribution in [-0.2, 0) is 13.0 Å². The van der Waals surface area contributed by atoms with Crippen LogP contribution in [0.3, 0.4) is 0 Å². The van der Waals surface area contributed by atoms with Crippen molar-refractivity contribution in [2.45, 2.75) is 57.4 Å². The van der Waals surface area contributed by atoms with Crippen molar-refractivity contribution in [2.75, 3.05) is 5.75 Å². The minimum absolute atomic E-state index is 0.722. The van der Waals surface area contributed by atoms with E-state index < -0.39 is 0 Å². The van der Waals surface area contributed by atoms with Crippen molar-refractivity contribution in [3.05, 3.63) is 35.4 Å². The molecule has 1 aliphatic rings. The summed E-state index contributed by atoms with van der Waals surface area (Å²) in [6.45, 7) is 5.55. The molecule has 1 aliphatic carbocycles. The minimum atomic E-state index is 0.722. The molecule has 1 aromatic rings. The Labute approximate surface area is 116 Å². The van der Waals surface area contributed by atoms with Crippen LogP contribution in [0.15, 0.2) is 24.3 Å². The van der Waals surface area contributed by atoms with Crippen molar-refractivity contribution in [3.8, 4) is 0 Å². The summed E-state index contributed by atoms with van der Waals surface area (Å²) in [5.74, 6) is 1.24. The van der Waals surface area contributed by atoms with Crippen LogP contribution in [0.1, 0.15) is 44.2 Å². The zero-order valence-electron chi connectivity index (χ0n) is 11.6. The van der Waals surface area contributed by atoms with E-state index in [0.717, 1.165) is 24.3 Å². The Kier molecular flexibility index (Phi) is 5.58. The van der Waals surface area contributed by atoms with Crippen molar-refractivity contribution in [1.82, 2.24) is 5.32 Å². The van der Waals surface area contributed by atoms with E-state index in [0.29, 0.717) is 0 Å². The lowest BCUT2D eigenvalue weighted by Gasteiger charge is -2.21. The lowest BCUT2D eigenvalue weighted by atomic mass is 10.0. The Morgan fingerprint density at radius 3 is 2.67 bits per heavy atom. The SMILES string of the molecule is CCSC1CCCC1NCc1ccccc1CC. The molecule has 0 bridgehead atoms. The highest BCUT2D eigenvalue weighted by Gasteiger charge is 2.26. The molecule has 1 nitrogen and oxygen atoms in total. The van der Waals surface area contributed by atoms with Crippen molar-refractivity contribution in [2.24, 2.45) is 0 Å². The lowest BCUT2D eigenvalue weighted by molar-refractivity contribution is 0.530. The van der Waals surface area contributed by atoms with Crippen LogP contribution in [0.25, 0.3) is 0 Å². The first kappa shape index (κ1) is 14.0. The van der Waals surface area contributed by atoms with Crippen LogP contribution < -0.4 is 5.32 Å². The molecule has 18 heavy (non-hydrogen) atoms. The first-order valence-corrected chi connectivity index (χ1v) is 8.31. The van der Waals surface area contributed by atoms with Gasteiger partial charge in [0.1, 0.15) is 0 Å². The number of benzene rings is 1. The average molecular weight is 263 g/mol. The number of rotatable bonds is 6. The molecule has 1 fully saturated rings. The van der Waals surface area contributed by atoms with Gasteiger partial charge >= 0.3 is 0 Å². The maximum atomic E-state index is 3.79. The lowest BCUT2D eigenvalue weighted by Crippen LogP contribution is -2.33. The van der Waals surface area contributed by atoms with E-state index in [1.54, 1.807) is 0 Å². The quantitative estimate of drug-likeness (QED) is 0.832. The number of hydrogen-bond donors (Lipinski definition) is 1. The summed E-state index contributed by atoms with van der Waals surface area (Å²) < 4.78 is 0. The van der Waals surface area contributed by atoms with Gasteiger partial charge in [0.15, 0.2) is 0 Å². The van der Waals surface area contributed by atoms with E-state index in [1.165, 1.54) is 36.1 Å². The minimum Gasteiger partial charge on any atom is -0.309 e. The Hall–Kier alpha value is -0.470. The van der Waals surface area contributed by atoms with Gasteiger partial charge in [0.2, 0.25) is 0 Å². The molecule has 2 unspecified atom stereocenters. The Morgan fingerprint density at radius 2 is 1.94 bits per heavy atom. The normalized spacial score (nSPS) is 23.4. The molecule has 0 aliphatic heterocycles. The van der Waals surface area contributed by atoms with Gasteiger partial charge < -0.3 is 5.32 Å². The summed E-state index contributed by atoms with van der Waals surface area (Å²) in [5.41, 5.74) is 2.97. The molecule has 0 heterocycles. The molecule has 0 amide bonds. The van der Waals surface area contributed by atoms with E-state index in [4.69, 9.17) is 0 Å². The Balaban J connectivity index is 1.90. The number of thioether (sulfide) groups is 1. The summed E-state index contributed by atoms with van der Waals surface area (Å²) in [4.78, 5) is 0. The van der Waals surface area contributed by atoms with Crippen molar-refractivity contribution in [1.29, 1.82) is 0 Å². The maximum absolute atomic E-state index is 3.79. The van der Waals surface area contributed by atoms with Crippen molar-refractivity contribution >= 4 is 11.8 Å². The highest BCUT2D eigenvalue weighted by molar-refractivity contribution is 7.99. The molecule has 1 N–H and O–H groups in total. The zero-order chi connectivity index (χ0) is 12.8. The average Bonchev–Trinajstić information content (AvgIpc) is 2.84. The van der Waals surface area contributed by atoms with E-state index in [-0.39, 0.29) is 0 Å². The van der Waals surface area contributed by atoms with Gasteiger partial charge in [-0.15, -0.1) is 0 Å². The van der Waals surface area contributed by atoms with Gasteiger partial charge in [-0.05, 0) is 36.1 Å². The third kappa shape index (κ3) is 3.52. The Bertz CT molecular complexity index is 364. The molecule has 0 aromatic heterocycles. The molecule has 1 saturated carbocycles. The van der Waals surface area contributed by atoms with Gasteiger partial charge in [0.05, 0.1) is 0 Å². The molecule has 1 aromatic carbocycles. The molecule has 2 rings (SSSR count). The fourth-order valence-corrected chi connectivity index (χ4v) is 4.12. The molecule has 0 spiro atoms. The fraction of sp³-hybridized carbons (Fsp3) is 0.625. The molecular weight excluding hydrogens is 238 g/mol. The maximum Gasteiger partial charge on any atom is 0.0211 e. The summed E-state index contributed by atoms with van der Waals surface area (Å²) >= 11 is 2.13. The van der Waals surface area contributed by atoms with Gasteiger partial charge in [0.25, 0.3) is 0 Å². The van der Waals surface area contributed by atoms with Gasteiger partial charge in [-0.3, -0.25) is 0 Å². The first-order chi connectivity index (χ1) is 8.85. The largest absolute Gasteiger partial charge is 0.309 e. The predicted molar refractivity (Wildman–Crippen MR) is 82.2 cm³/mol. The molecule has 100 valence electrons. The van der Waals surface area contributed by atoms with Crippen LogP contribution in [0, 0.1) is 0 Å². The second-order valence-corrected chi connectivity index (χ2v) is 6.55. The number of nitrogens with one attached hydrogen (secondary N) is 1. The van der Waals surface area contributed by atoms with E-state index in [9.17, 15) is 0 Å². The van der Waals surface area contributed by atoms with E-state index >= 15 is 0 Å². The third-order valence-corrected chi connectivity index (χ3v) is 5.21. The molecule has 2 atom stereocenters. The smallest absolute Gasteiger partial charge is 0.0211 e. The van der Waals surface area contributed by atoms with Gasteiger partial charge in [0, 0.05) is 17.8 Å². The second kappa shape index (κ2) is 7.20. The van der Waals surface area contributed by atoms with Crippen molar-refractivity contribution < 1.29 is 0 Å². The van der Waals surface area contributed by atoms with Gasteiger partial charge in [-0.25, -0.2) is 0 Å². The van der Waals surface area contributed by atoms with Crippen molar-refractivity contribution in [3.63, 3.8) is 0 Å². The van der Waals surface area contributed by atoms with E-state index in [1.807, 2.05) is 0 Å². The third-order valence-electron chi connectivity index (χ3n) is 3.89. The summed E-state index contributed by atoms with van der Waals surface area (Å²) in [7, 11) is 0. The number of hydrogen-bond acceptors (Lipinski definition) is 2. The summed E-state index contributed by atoms with van der Waals surface area (Å²) in [6.07, 6.45) is 5.28. The predicted octanol–water partition coefficient (Wildman–Crippen LogP) is 4.01. The zero-order valence-corrected chi connectivity index (χ0v) is 12.4. The fourth-order valence-electron chi connectivity index (χ4n) is 2.89. The molecule has 2 heteroatoms. The topological polar surface area (TPSA) is 12.0 Å². The van der Waals surface area contributed by atoms with Crippen LogP contribution in [0.4, 0.5) is 0 Å². The first-order valence-electron chi connectivity index (χ1n) is 7.27. The van der Waals surface area contributed by atoms with Crippen LogP contribution in [0.2, 0.25) is 0 Å². The molecule has 0 saturated heterocycles. The highest BCUT2D eigenvalue weighted by atomic mass is 32.2. The van der Waals surface area contributed by atoms with Gasteiger partial charge in [-0.2, -0.15) is 11.8 Å². The number of aryl methyl sites for hydroxylation is 1. The molecular formula is C16H25NS. The summed E-state index contributed by atoms with van der Waals surface area (Å²) in [6, 6.07) is 9.54. The highest BCUT2D eigenvalue weighted by Crippen LogP contribution is 2.30. The monoisotopic (exact) mass is 263 g/mol. The summed E-state index contributed by atoms with van der Waals surface area (Å²) in [5, 5.41) is 4.62. The van der Waals surface area contributed by atoms with Crippen LogP contribution in [-0.4, -0.2) is 17.0 Å². The van der Waals surface area contributed by atoms with Crippen LogP contribution in [0.5, 0.6) is 0 Å². The standard InChI is InChI=1S/C16H25NS/c1-3-13-8-5-6-9-14(13)12-17-15-10-7-11-16(15)18-4-2/h5-6,8-9,15-17H,3-4,7,10-12H2,1-2H3. The van der Waals surface area contributed by atoms with Crippen LogP contribution >= 0.6 is 11.8 Å².